The van der Waals surface area contributed by atoms with Gasteiger partial charge in [0.25, 0.3) is 0 Å². The van der Waals surface area contributed by atoms with E-state index in [0.717, 1.165) is 12.5 Å². The average molecular weight is 309 g/mol. The van der Waals surface area contributed by atoms with Gasteiger partial charge in [0.2, 0.25) is 0 Å². The smallest absolute Gasteiger partial charge is 0.0417 e. The molecule has 0 saturated carbocycles. The second kappa shape index (κ2) is 7.26. The van der Waals surface area contributed by atoms with Crippen molar-refractivity contribution in [2.75, 3.05) is 13.1 Å². The predicted octanol–water partition coefficient (Wildman–Crippen LogP) is 4.46. The molecule has 2 heterocycles. The fourth-order valence-corrected chi connectivity index (χ4v) is 4.44. The van der Waals surface area contributed by atoms with Crippen LogP contribution >= 0.6 is 11.3 Å². The predicted molar refractivity (Wildman–Crippen MR) is 94.0 cm³/mol. The Bertz CT molecular complexity index is 438. The molecule has 1 fully saturated rings. The van der Waals surface area contributed by atoms with Gasteiger partial charge in [-0.05, 0) is 44.2 Å². The van der Waals surface area contributed by atoms with E-state index in [1.165, 1.54) is 22.7 Å². The zero-order chi connectivity index (χ0) is 15.6. The van der Waals surface area contributed by atoms with Gasteiger partial charge in [0.1, 0.15) is 0 Å². The maximum atomic E-state index is 3.79. The molecule has 3 unspecified atom stereocenters. The largest absolute Gasteiger partial charge is 0.311 e. The van der Waals surface area contributed by atoms with Crippen LogP contribution in [-0.2, 0) is 0 Å². The van der Waals surface area contributed by atoms with Crippen LogP contribution in [0.25, 0.3) is 0 Å². The van der Waals surface area contributed by atoms with Crippen LogP contribution in [0.15, 0.2) is 12.1 Å². The fraction of sp³-hybridized carbons (Fsp3) is 0.778. The van der Waals surface area contributed by atoms with Gasteiger partial charge in [-0.15, -0.1) is 11.3 Å². The molecule has 3 atom stereocenters. The van der Waals surface area contributed by atoms with Crippen LogP contribution in [0.2, 0.25) is 0 Å². The molecule has 0 radical (unpaired) electrons. The van der Waals surface area contributed by atoms with E-state index >= 15 is 0 Å². The summed E-state index contributed by atoms with van der Waals surface area (Å²) in [5.74, 6) is 1.46. The summed E-state index contributed by atoms with van der Waals surface area (Å²) in [6, 6.07) is 6.40. The van der Waals surface area contributed by atoms with Crippen molar-refractivity contribution in [3.8, 4) is 0 Å². The van der Waals surface area contributed by atoms with Gasteiger partial charge in [0.15, 0.2) is 0 Å². The van der Waals surface area contributed by atoms with E-state index in [0.29, 0.717) is 24.0 Å². The van der Waals surface area contributed by atoms with Crippen LogP contribution in [0.4, 0.5) is 0 Å². The summed E-state index contributed by atoms with van der Waals surface area (Å²) in [4.78, 5) is 5.69. The van der Waals surface area contributed by atoms with E-state index in [4.69, 9.17) is 0 Å². The number of nitrogens with zero attached hydrogens (tertiary/aromatic N) is 1. The Morgan fingerprint density at radius 2 is 1.95 bits per heavy atom. The van der Waals surface area contributed by atoms with Crippen molar-refractivity contribution in [2.24, 2.45) is 11.8 Å². The average Bonchev–Trinajstić information content (AvgIpc) is 2.83. The lowest BCUT2D eigenvalue weighted by Gasteiger charge is -2.45. The molecule has 1 aliphatic rings. The van der Waals surface area contributed by atoms with Gasteiger partial charge in [0, 0.05) is 41.0 Å². The van der Waals surface area contributed by atoms with Crippen molar-refractivity contribution < 1.29 is 0 Å². The first-order valence-corrected chi connectivity index (χ1v) is 9.25. The van der Waals surface area contributed by atoms with Crippen LogP contribution < -0.4 is 5.32 Å². The molecule has 0 aliphatic carbocycles. The summed E-state index contributed by atoms with van der Waals surface area (Å²) in [5.41, 5.74) is 0. The normalized spacial score (nSPS) is 25.7. The Morgan fingerprint density at radius 3 is 2.48 bits per heavy atom. The van der Waals surface area contributed by atoms with Crippen molar-refractivity contribution in [3.05, 3.63) is 21.9 Å². The van der Waals surface area contributed by atoms with Crippen molar-refractivity contribution in [2.45, 2.75) is 66.1 Å². The monoisotopic (exact) mass is 308 g/mol. The van der Waals surface area contributed by atoms with Crippen LogP contribution in [0.3, 0.4) is 0 Å². The third-order valence-electron chi connectivity index (χ3n) is 4.67. The fourth-order valence-electron chi connectivity index (χ4n) is 3.49. The molecular formula is C18H32N2S. The molecule has 2 nitrogen and oxygen atoms in total. The minimum absolute atomic E-state index is 0.535. The summed E-state index contributed by atoms with van der Waals surface area (Å²) >= 11 is 1.96. The third-order valence-corrected chi connectivity index (χ3v) is 5.84. The van der Waals surface area contributed by atoms with Crippen LogP contribution in [-0.4, -0.2) is 30.1 Å². The standard InChI is InChI=1S/C18H32N2S/c1-12(2)9-16-11-20(17(10-19-16)13(3)4)15(6)18-8-7-14(5)21-18/h7-8,12-13,15-17,19H,9-11H2,1-6H3. The third kappa shape index (κ3) is 4.30. The first kappa shape index (κ1) is 17.0. The quantitative estimate of drug-likeness (QED) is 0.864. The molecule has 0 spiro atoms. The van der Waals surface area contributed by atoms with Gasteiger partial charge in [-0.25, -0.2) is 0 Å². The molecule has 2 rings (SSSR count). The minimum atomic E-state index is 0.535. The Labute approximate surface area is 134 Å². The molecular weight excluding hydrogens is 276 g/mol. The second-order valence-corrected chi connectivity index (χ2v) is 8.69. The SMILES string of the molecule is Cc1ccc(C(C)N2CC(CC(C)C)NCC2C(C)C)s1. The Morgan fingerprint density at radius 1 is 1.24 bits per heavy atom. The minimum Gasteiger partial charge on any atom is -0.311 e. The maximum Gasteiger partial charge on any atom is 0.0417 e. The Hall–Kier alpha value is -0.380. The molecule has 21 heavy (non-hydrogen) atoms. The van der Waals surface area contributed by atoms with Crippen LogP contribution in [0.1, 0.15) is 56.8 Å². The first-order chi connectivity index (χ1) is 9.88. The summed E-state index contributed by atoms with van der Waals surface area (Å²) in [5, 5.41) is 3.79. The lowest BCUT2D eigenvalue weighted by Crippen LogP contribution is -2.58. The van der Waals surface area contributed by atoms with E-state index in [2.05, 4.69) is 63.9 Å². The highest BCUT2D eigenvalue weighted by Gasteiger charge is 2.33. The summed E-state index contributed by atoms with van der Waals surface area (Å²) < 4.78 is 0. The number of nitrogens with one attached hydrogen (secondary N) is 1. The molecule has 0 aromatic carbocycles. The maximum absolute atomic E-state index is 3.79. The van der Waals surface area contributed by atoms with Gasteiger partial charge in [-0.1, -0.05) is 27.7 Å². The number of thiophene rings is 1. The van der Waals surface area contributed by atoms with Gasteiger partial charge in [-0.3, -0.25) is 4.90 Å². The van der Waals surface area contributed by atoms with E-state index in [1.54, 1.807) is 0 Å². The Kier molecular flexibility index (Phi) is 5.87. The lowest BCUT2D eigenvalue weighted by molar-refractivity contribution is 0.0584. The first-order valence-electron chi connectivity index (χ1n) is 8.44. The number of aryl methyl sites for hydroxylation is 1. The molecule has 3 heteroatoms. The van der Waals surface area contributed by atoms with Crippen LogP contribution in [0, 0.1) is 18.8 Å². The molecule has 1 aromatic heterocycles. The molecule has 1 aliphatic heterocycles. The number of rotatable bonds is 5. The highest BCUT2D eigenvalue weighted by Crippen LogP contribution is 2.32. The zero-order valence-corrected chi connectivity index (χ0v) is 15.3. The highest BCUT2D eigenvalue weighted by atomic mass is 32.1. The molecule has 1 N–H and O–H groups in total. The number of hydrogen-bond acceptors (Lipinski definition) is 3. The lowest BCUT2D eigenvalue weighted by atomic mass is 9.93. The zero-order valence-electron chi connectivity index (χ0n) is 14.5. The summed E-state index contributed by atoms with van der Waals surface area (Å²) in [6.07, 6.45) is 1.28. The van der Waals surface area contributed by atoms with E-state index < -0.39 is 0 Å². The van der Waals surface area contributed by atoms with Gasteiger partial charge >= 0.3 is 0 Å². The van der Waals surface area contributed by atoms with E-state index in [9.17, 15) is 0 Å². The molecule has 120 valence electrons. The van der Waals surface area contributed by atoms with E-state index in [-0.39, 0.29) is 0 Å². The summed E-state index contributed by atoms with van der Waals surface area (Å²) in [7, 11) is 0. The Balaban J connectivity index is 2.13. The van der Waals surface area contributed by atoms with Gasteiger partial charge < -0.3 is 5.32 Å². The van der Waals surface area contributed by atoms with Crippen molar-refractivity contribution in [1.29, 1.82) is 0 Å². The molecule has 0 bridgehead atoms. The van der Waals surface area contributed by atoms with Crippen molar-refractivity contribution in [1.82, 2.24) is 10.2 Å². The van der Waals surface area contributed by atoms with Gasteiger partial charge in [0.05, 0.1) is 0 Å². The number of piperazine rings is 1. The molecule has 0 amide bonds. The van der Waals surface area contributed by atoms with Crippen LogP contribution in [0.5, 0.6) is 0 Å². The van der Waals surface area contributed by atoms with Crippen molar-refractivity contribution in [3.63, 3.8) is 0 Å². The topological polar surface area (TPSA) is 15.3 Å². The molecule has 1 saturated heterocycles. The summed E-state index contributed by atoms with van der Waals surface area (Å²) in [6.45, 7) is 16.3. The van der Waals surface area contributed by atoms with Crippen molar-refractivity contribution >= 4 is 11.3 Å². The second-order valence-electron chi connectivity index (χ2n) is 7.37. The van der Waals surface area contributed by atoms with Gasteiger partial charge in [-0.2, -0.15) is 0 Å². The highest BCUT2D eigenvalue weighted by molar-refractivity contribution is 7.12. The molecule has 1 aromatic rings. The van der Waals surface area contributed by atoms with E-state index in [1.807, 2.05) is 11.3 Å². The number of hydrogen-bond donors (Lipinski definition) is 1.